The molecule has 0 aliphatic carbocycles. The van der Waals surface area contributed by atoms with Crippen LogP contribution in [0.5, 0.6) is 0 Å². The van der Waals surface area contributed by atoms with Gasteiger partial charge in [0.05, 0.1) is 23.8 Å². The van der Waals surface area contributed by atoms with Gasteiger partial charge in [0.15, 0.2) is 0 Å². The second-order valence-electron chi connectivity index (χ2n) is 5.88. The number of benzene rings is 1. The number of nitriles is 1. The highest BCUT2D eigenvalue weighted by Gasteiger charge is 2.27. The van der Waals surface area contributed by atoms with Gasteiger partial charge in [-0.15, -0.1) is 0 Å². The van der Waals surface area contributed by atoms with Crippen molar-refractivity contribution in [2.45, 2.75) is 31.5 Å². The topological polar surface area (TPSA) is 36.3 Å². The number of hydrogen-bond acceptors (Lipinski definition) is 4. The van der Waals surface area contributed by atoms with Crippen LogP contribution in [0, 0.1) is 11.3 Å². The predicted octanol–water partition coefficient (Wildman–Crippen LogP) is 2.70. The van der Waals surface area contributed by atoms with Gasteiger partial charge < -0.3 is 4.74 Å². The lowest BCUT2D eigenvalue weighted by molar-refractivity contribution is 0.0251. The molecule has 112 valence electrons. The summed E-state index contributed by atoms with van der Waals surface area (Å²) < 4.78 is 6.21. The first-order chi connectivity index (χ1) is 10.3. The van der Waals surface area contributed by atoms with E-state index in [-0.39, 0.29) is 0 Å². The maximum absolute atomic E-state index is 8.82. The Balaban J connectivity index is 1.46. The third-order valence-electron chi connectivity index (χ3n) is 4.31. The van der Waals surface area contributed by atoms with E-state index >= 15 is 0 Å². The normalized spacial score (nSPS) is 26.6. The standard InChI is InChI=1S/C17H22N2OS/c18-12-15-3-1-14(2-4-15)11-16-5-6-17(20-16)13-19-7-9-21-10-8-19/h1-4,16-17H,5-11,13H2/t16-,17+/m0/s1. The molecular formula is C17H22N2OS. The van der Waals surface area contributed by atoms with Crippen LogP contribution in [0.25, 0.3) is 0 Å². The summed E-state index contributed by atoms with van der Waals surface area (Å²) in [5.74, 6) is 2.53. The first-order valence-corrected chi connectivity index (χ1v) is 8.93. The lowest BCUT2D eigenvalue weighted by Gasteiger charge is -2.28. The lowest BCUT2D eigenvalue weighted by Crippen LogP contribution is -2.38. The first kappa shape index (κ1) is 14.9. The van der Waals surface area contributed by atoms with Gasteiger partial charge in [-0.05, 0) is 37.0 Å². The van der Waals surface area contributed by atoms with Crippen molar-refractivity contribution in [3.05, 3.63) is 35.4 Å². The zero-order valence-electron chi connectivity index (χ0n) is 12.3. The van der Waals surface area contributed by atoms with Gasteiger partial charge >= 0.3 is 0 Å². The summed E-state index contributed by atoms with van der Waals surface area (Å²) in [4.78, 5) is 2.55. The van der Waals surface area contributed by atoms with E-state index in [1.165, 1.54) is 36.6 Å². The Morgan fingerprint density at radius 3 is 2.57 bits per heavy atom. The Bertz CT molecular complexity index is 491. The van der Waals surface area contributed by atoms with E-state index in [2.05, 4.69) is 34.9 Å². The van der Waals surface area contributed by atoms with Gasteiger partial charge in [-0.3, -0.25) is 4.90 Å². The highest BCUT2D eigenvalue weighted by Crippen LogP contribution is 2.24. The zero-order valence-corrected chi connectivity index (χ0v) is 13.1. The predicted molar refractivity (Wildman–Crippen MR) is 86.5 cm³/mol. The summed E-state index contributed by atoms with van der Waals surface area (Å²) in [6.07, 6.45) is 4.08. The average molecular weight is 302 g/mol. The smallest absolute Gasteiger partial charge is 0.0991 e. The first-order valence-electron chi connectivity index (χ1n) is 7.78. The van der Waals surface area contributed by atoms with E-state index in [0.717, 1.165) is 24.9 Å². The van der Waals surface area contributed by atoms with Crippen molar-refractivity contribution in [3.63, 3.8) is 0 Å². The molecule has 0 saturated carbocycles. The molecule has 1 aromatic carbocycles. The summed E-state index contributed by atoms with van der Waals surface area (Å²) in [6, 6.07) is 10.1. The molecule has 2 aliphatic rings. The molecule has 2 fully saturated rings. The molecule has 2 saturated heterocycles. The van der Waals surface area contributed by atoms with Gasteiger partial charge in [0, 0.05) is 31.1 Å². The quantitative estimate of drug-likeness (QED) is 0.857. The second-order valence-corrected chi connectivity index (χ2v) is 7.11. The highest BCUT2D eigenvalue weighted by molar-refractivity contribution is 7.99. The molecule has 4 heteroatoms. The van der Waals surface area contributed by atoms with Crippen LogP contribution >= 0.6 is 11.8 Å². The van der Waals surface area contributed by atoms with Crippen LogP contribution in [0.2, 0.25) is 0 Å². The minimum Gasteiger partial charge on any atom is -0.373 e. The fourth-order valence-electron chi connectivity index (χ4n) is 3.11. The Labute approximate surface area is 131 Å². The summed E-state index contributed by atoms with van der Waals surface area (Å²) >= 11 is 2.06. The van der Waals surface area contributed by atoms with Crippen LogP contribution in [0.4, 0.5) is 0 Å². The summed E-state index contributed by atoms with van der Waals surface area (Å²) in [5, 5.41) is 8.82. The van der Waals surface area contributed by atoms with Crippen LogP contribution in [-0.4, -0.2) is 48.2 Å². The van der Waals surface area contributed by atoms with Gasteiger partial charge in [-0.25, -0.2) is 0 Å². The van der Waals surface area contributed by atoms with Crippen LogP contribution in [-0.2, 0) is 11.2 Å². The Morgan fingerprint density at radius 2 is 1.86 bits per heavy atom. The summed E-state index contributed by atoms with van der Waals surface area (Å²) in [7, 11) is 0. The number of nitrogens with zero attached hydrogens (tertiary/aromatic N) is 2. The average Bonchev–Trinajstić information content (AvgIpc) is 2.96. The lowest BCUT2D eigenvalue weighted by atomic mass is 10.0. The maximum Gasteiger partial charge on any atom is 0.0991 e. The third kappa shape index (κ3) is 4.23. The van der Waals surface area contributed by atoms with Crippen LogP contribution in [0.15, 0.2) is 24.3 Å². The monoisotopic (exact) mass is 302 g/mol. The molecule has 0 amide bonds. The molecule has 0 radical (unpaired) electrons. The van der Waals surface area contributed by atoms with E-state index in [1.54, 1.807) is 0 Å². The molecule has 2 heterocycles. The third-order valence-corrected chi connectivity index (χ3v) is 5.25. The molecular weight excluding hydrogens is 280 g/mol. The second kappa shape index (κ2) is 7.31. The van der Waals surface area contributed by atoms with E-state index in [0.29, 0.717) is 12.2 Å². The number of ether oxygens (including phenoxy) is 1. The van der Waals surface area contributed by atoms with Crippen molar-refractivity contribution in [2.75, 3.05) is 31.1 Å². The van der Waals surface area contributed by atoms with E-state index < -0.39 is 0 Å². The van der Waals surface area contributed by atoms with Gasteiger partial charge in [-0.2, -0.15) is 17.0 Å². The van der Waals surface area contributed by atoms with Crippen LogP contribution in [0.1, 0.15) is 24.0 Å². The summed E-state index contributed by atoms with van der Waals surface area (Å²) in [5.41, 5.74) is 2.00. The molecule has 21 heavy (non-hydrogen) atoms. The van der Waals surface area contributed by atoms with Gasteiger partial charge in [0.25, 0.3) is 0 Å². The molecule has 0 unspecified atom stereocenters. The summed E-state index contributed by atoms with van der Waals surface area (Å²) in [6.45, 7) is 3.53. The maximum atomic E-state index is 8.82. The van der Waals surface area contributed by atoms with Gasteiger partial charge in [0.1, 0.15) is 0 Å². The van der Waals surface area contributed by atoms with E-state index in [4.69, 9.17) is 10.00 Å². The SMILES string of the molecule is N#Cc1ccc(C[C@@H]2CC[C@H](CN3CCSCC3)O2)cc1. The Kier molecular flexibility index (Phi) is 5.18. The molecule has 2 atom stereocenters. The van der Waals surface area contributed by atoms with Crippen molar-refractivity contribution in [2.24, 2.45) is 0 Å². The largest absolute Gasteiger partial charge is 0.373 e. The Morgan fingerprint density at radius 1 is 1.14 bits per heavy atom. The minimum absolute atomic E-state index is 0.349. The van der Waals surface area contributed by atoms with E-state index in [1.807, 2.05) is 12.1 Å². The number of thioether (sulfide) groups is 1. The highest BCUT2D eigenvalue weighted by atomic mass is 32.2. The Hall–Kier alpha value is -1.02. The minimum atomic E-state index is 0.349. The van der Waals surface area contributed by atoms with Crippen molar-refractivity contribution in [1.29, 1.82) is 5.26 Å². The molecule has 1 aromatic rings. The van der Waals surface area contributed by atoms with Crippen molar-refractivity contribution < 1.29 is 4.74 Å². The number of rotatable bonds is 4. The van der Waals surface area contributed by atoms with Gasteiger partial charge in [0.2, 0.25) is 0 Å². The van der Waals surface area contributed by atoms with Gasteiger partial charge in [-0.1, -0.05) is 12.1 Å². The van der Waals surface area contributed by atoms with Crippen LogP contribution in [0.3, 0.4) is 0 Å². The fourth-order valence-corrected chi connectivity index (χ4v) is 4.09. The van der Waals surface area contributed by atoms with Crippen molar-refractivity contribution >= 4 is 11.8 Å². The van der Waals surface area contributed by atoms with E-state index in [9.17, 15) is 0 Å². The fraction of sp³-hybridized carbons (Fsp3) is 0.588. The number of hydrogen-bond donors (Lipinski definition) is 0. The van der Waals surface area contributed by atoms with Crippen molar-refractivity contribution in [1.82, 2.24) is 4.90 Å². The van der Waals surface area contributed by atoms with Crippen LogP contribution < -0.4 is 0 Å². The molecule has 3 nitrogen and oxygen atoms in total. The zero-order chi connectivity index (χ0) is 14.5. The molecule has 2 aliphatic heterocycles. The molecule has 0 bridgehead atoms. The molecule has 0 spiro atoms. The molecule has 0 N–H and O–H groups in total. The van der Waals surface area contributed by atoms with Crippen molar-refractivity contribution in [3.8, 4) is 6.07 Å². The molecule has 3 rings (SSSR count). The molecule has 0 aromatic heterocycles.